The summed E-state index contributed by atoms with van der Waals surface area (Å²) in [7, 11) is 0. The molecule has 0 aromatic heterocycles. The van der Waals surface area contributed by atoms with Crippen molar-refractivity contribution in [3.8, 4) is 0 Å². The SMILES string of the molecule is O=C(OCc1ccc([N+](=O)[O-])cc1)C(Sc1ccccc1)N1CC(Br)C1=O. The minimum Gasteiger partial charge on any atom is -0.459 e. The first-order chi connectivity index (χ1) is 13.0. The zero-order chi connectivity index (χ0) is 19.4. The topological polar surface area (TPSA) is 89.8 Å². The number of halogens is 1. The minimum absolute atomic E-state index is 0.0253. The van der Waals surface area contributed by atoms with Crippen LogP contribution in [0, 0.1) is 10.1 Å². The van der Waals surface area contributed by atoms with Gasteiger partial charge in [0.15, 0.2) is 5.37 Å². The number of rotatable bonds is 7. The lowest BCUT2D eigenvalue weighted by Crippen LogP contribution is -2.59. The molecule has 9 heteroatoms. The second-order valence-corrected chi connectivity index (χ2v) is 8.03. The third-order valence-electron chi connectivity index (χ3n) is 3.91. The summed E-state index contributed by atoms with van der Waals surface area (Å²) in [6, 6.07) is 15.1. The molecule has 1 heterocycles. The number of carbonyl (C=O) groups is 2. The summed E-state index contributed by atoms with van der Waals surface area (Å²) in [5.41, 5.74) is 0.600. The lowest BCUT2D eigenvalue weighted by molar-refractivity contribution is -0.384. The van der Waals surface area contributed by atoms with Crippen LogP contribution >= 0.6 is 27.7 Å². The number of hydrogen-bond acceptors (Lipinski definition) is 6. The van der Waals surface area contributed by atoms with Gasteiger partial charge in [0.05, 0.1) is 4.92 Å². The Hall–Kier alpha value is -2.39. The fourth-order valence-electron chi connectivity index (χ4n) is 2.43. The number of ether oxygens (including phenoxy) is 1. The van der Waals surface area contributed by atoms with Gasteiger partial charge in [0, 0.05) is 23.6 Å². The van der Waals surface area contributed by atoms with E-state index >= 15 is 0 Å². The predicted octanol–water partition coefficient (Wildman–Crippen LogP) is 3.36. The number of nitro groups is 1. The number of non-ortho nitro benzene ring substituents is 1. The first kappa shape index (κ1) is 19.4. The van der Waals surface area contributed by atoms with Crippen LogP contribution in [-0.4, -0.2) is 38.4 Å². The highest BCUT2D eigenvalue weighted by atomic mass is 79.9. The number of benzene rings is 2. The van der Waals surface area contributed by atoms with Gasteiger partial charge in [-0.3, -0.25) is 14.9 Å². The molecule has 2 aromatic carbocycles. The first-order valence-corrected chi connectivity index (χ1v) is 9.81. The average molecular weight is 451 g/mol. The maximum absolute atomic E-state index is 12.6. The van der Waals surface area contributed by atoms with E-state index in [0.29, 0.717) is 12.1 Å². The smallest absolute Gasteiger partial charge is 0.340 e. The molecule has 2 aromatic rings. The molecule has 0 saturated carbocycles. The number of hydrogen-bond donors (Lipinski definition) is 0. The molecule has 3 rings (SSSR count). The van der Waals surface area contributed by atoms with Crippen LogP contribution < -0.4 is 0 Å². The van der Waals surface area contributed by atoms with Crippen molar-refractivity contribution in [3.63, 3.8) is 0 Å². The Morgan fingerprint density at radius 1 is 1.26 bits per heavy atom. The standard InChI is InChI=1S/C18H15BrN2O5S/c19-15-10-20(16(15)22)17(27-14-4-2-1-3-5-14)18(23)26-11-12-6-8-13(9-7-12)21(24)25/h1-9,15,17H,10-11H2. The summed E-state index contributed by atoms with van der Waals surface area (Å²) in [4.78, 5) is 36.9. The van der Waals surface area contributed by atoms with Crippen molar-refractivity contribution < 1.29 is 19.2 Å². The van der Waals surface area contributed by atoms with E-state index in [4.69, 9.17) is 4.74 Å². The number of thioether (sulfide) groups is 1. The molecule has 0 aliphatic carbocycles. The summed E-state index contributed by atoms with van der Waals surface area (Å²) in [5.74, 6) is -0.689. The van der Waals surface area contributed by atoms with Gasteiger partial charge in [-0.2, -0.15) is 0 Å². The number of β-lactam (4-membered cyclic amide) rings is 1. The number of nitrogens with zero attached hydrogens (tertiary/aromatic N) is 2. The number of likely N-dealkylation sites (tertiary alicyclic amines) is 1. The van der Waals surface area contributed by atoms with Crippen molar-refractivity contribution >= 4 is 45.3 Å². The second-order valence-electron chi connectivity index (χ2n) is 5.77. The van der Waals surface area contributed by atoms with Gasteiger partial charge < -0.3 is 9.64 Å². The molecular weight excluding hydrogens is 436 g/mol. The number of esters is 1. The molecule has 0 bridgehead atoms. The van der Waals surface area contributed by atoms with Gasteiger partial charge in [0.2, 0.25) is 5.91 Å². The van der Waals surface area contributed by atoms with Crippen molar-refractivity contribution in [2.75, 3.05) is 6.54 Å². The van der Waals surface area contributed by atoms with Gasteiger partial charge in [0.1, 0.15) is 11.4 Å². The van der Waals surface area contributed by atoms with Crippen molar-refractivity contribution in [2.45, 2.75) is 21.7 Å². The van der Waals surface area contributed by atoms with Gasteiger partial charge >= 0.3 is 5.97 Å². The van der Waals surface area contributed by atoms with Gasteiger partial charge in [-0.1, -0.05) is 45.9 Å². The highest BCUT2D eigenvalue weighted by Gasteiger charge is 2.43. The number of nitro benzene ring substituents is 1. The van der Waals surface area contributed by atoms with E-state index in [1.54, 1.807) is 0 Å². The van der Waals surface area contributed by atoms with Gasteiger partial charge in [-0.15, -0.1) is 0 Å². The maximum atomic E-state index is 12.6. The molecule has 7 nitrogen and oxygen atoms in total. The Morgan fingerprint density at radius 2 is 1.93 bits per heavy atom. The largest absolute Gasteiger partial charge is 0.459 e. The first-order valence-electron chi connectivity index (χ1n) is 8.02. The molecule has 0 radical (unpaired) electrons. The molecule has 1 saturated heterocycles. The van der Waals surface area contributed by atoms with E-state index in [-0.39, 0.29) is 23.0 Å². The Labute approximate surface area is 168 Å². The molecule has 0 spiro atoms. The molecule has 0 N–H and O–H groups in total. The van der Waals surface area contributed by atoms with Gasteiger partial charge in [-0.05, 0) is 29.8 Å². The van der Waals surface area contributed by atoms with E-state index in [0.717, 1.165) is 4.90 Å². The van der Waals surface area contributed by atoms with Crippen LogP contribution in [0.25, 0.3) is 0 Å². The quantitative estimate of drug-likeness (QED) is 0.160. The van der Waals surface area contributed by atoms with Crippen LogP contribution in [0.15, 0.2) is 59.5 Å². The Morgan fingerprint density at radius 3 is 2.48 bits per heavy atom. The van der Waals surface area contributed by atoms with Crippen molar-refractivity contribution in [2.24, 2.45) is 0 Å². The summed E-state index contributed by atoms with van der Waals surface area (Å²) >= 11 is 4.50. The fourth-order valence-corrected chi connectivity index (χ4v) is 4.05. The number of amides is 1. The number of carbonyl (C=O) groups excluding carboxylic acids is 2. The van der Waals surface area contributed by atoms with Crippen molar-refractivity contribution in [3.05, 3.63) is 70.3 Å². The summed E-state index contributed by atoms with van der Waals surface area (Å²) in [6.45, 7) is 0.401. The third-order valence-corrected chi connectivity index (χ3v) is 5.81. The van der Waals surface area contributed by atoms with Crippen LogP contribution in [0.5, 0.6) is 0 Å². The predicted molar refractivity (Wildman–Crippen MR) is 103 cm³/mol. The molecular formula is C18H15BrN2O5S. The second kappa shape index (κ2) is 8.53. The molecule has 1 aliphatic rings. The fraction of sp³-hybridized carbons (Fsp3) is 0.222. The van der Waals surface area contributed by atoms with Crippen LogP contribution in [0.2, 0.25) is 0 Å². The lowest BCUT2D eigenvalue weighted by atomic mass is 10.2. The molecule has 1 aliphatic heterocycles. The van der Waals surface area contributed by atoms with E-state index in [2.05, 4.69) is 15.9 Å². The third kappa shape index (κ3) is 4.67. The zero-order valence-corrected chi connectivity index (χ0v) is 16.4. The van der Waals surface area contributed by atoms with E-state index in [9.17, 15) is 19.7 Å². The monoisotopic (exact) mass is 450 g/mol. The molecule has 2 unspecified atom stereocenters. The summed E-state index contributed by atoms with van der Waals surface area (Å²) < 4.78 is 5.36. The zero-order valence-electron chi connectivity index (χ0n) is 14.0. The van der Waals surface area contributed by atoms with Crippen LogP contribution in [-0.2, 0) is 20.9 Å². The van der Waals surface area contributed by atoms with Crippen LogP contribution in [0.4, 0.5) is 5.69 Å². The van der Waals surface area contributed by atoms with Gasteiger partial charge in [0.25, 0.3) is 5.69 Å². The Kier molecular flexibility index (Phi) is 6.12. The Bertz CT molecular complexity index is 847. The molecule has 1 amide bonds. The van der Waals surface area contributed by atoms with E-state index in [1.807, 2.05) is 30.3 Å². The molecule has 2 atom stereocenters. The summed E-state index contributed by atoms with van der Waals surface area (Å²) in [5, 5.41) is 9.90. The van der Waals surface area contributed by atoms with Crippen molar-refractivity contribution in [1.29, 1.82) is 0 Å². The van der Waals surface area contributed by atoms with Gasteiger partial charge in [-0.25, -0.2) is 4.79 Å². The molecule has 1 fully saturated rings. The molecule has 140 valence electrons. The molecule has 27 heavy (non-hydrogen) atoms. The number of alkyl halides is 1. The highest BCUT2D eigenvalue weighted by Crippen LogP contribution is 2.32. The van der Waals surface area contributed by atoms with Crippen molar-refractivity contribution in [1.82, 2.24) is 4.90 Å². The Balaban J connectivity index is 1.67. The lowest BCUT2D eigenvalue weighted by Gasteiger charge is -2.39. The normalized spacial score (nSPS) is 17.1. The highest BCUT2D eigenvalue weighted by molar-refractivity contribution is 9.10. The van der Waals surface area contributed by atoms with Crippen LogP contribution in [0.3, 0.4) is 0 Å². The average Bonchev–Trinajstić information content (AvgIpc) is 2.69. The van der Waals surface area contributed by atoms with Crippen LogP contribution in [0.1, 0.15) is 5.56 Å². The van der Waals surface area contributed by atoms with E-state index in [1.165, 1.54) is 40.9 Å². The van der Waals surface area contributed by atoms with E-state index < -0.39 is 16.3 Å². The summed E-state index contributed by atoms with van der Waals surface area (Å²) in [6.07, 6.45) is 0. The minimum atomic E-state index is -0.785. The maximum Gasteiger partial charge on any atom is 0.340 e.